The highest BCUT2D eigenvalue weighted by molar-refractivity contribution is 6.31. The van der Waals surface area contributed by atoms with Crippen molar-refractivity contribution in [2.75, 3.05) is 19.0 Å². The van der Waals surface area contributed by atoms with Crippen molar-refractivity contribution >= 4 is 29.1 Å². The average molecular weight is 406 g/mol. The number of ketones is 1. The number of ether oxygens (including phenoxy) is 2. The summed E-state index contributed by atoms with van der Waals surface area (Å²) in [7, 11) is 3.97. The van der Waals surface area contributed by atoms with E-state index >= 15 is 0 Å². The lowest BCUT2D eigenvalue weighted by atomic mass is 10.1. The van der Waals surface area contributed by atoms with Crippen LogP contribution in [-0.4, -0.2) is 19.9 Å². The minimum Gasteiger partial charge on any atom is -0.489 e. The first-order chi connectivity index (χ1) is 14.0. The third-order valence-electron chi connectivity index (χ3n) is 4.70. The third-order valence-corrected chi connectivity index (χ3v) is 5.07. The highest BCUT2D eigenvalue weighted by Gasteiger charge is 2.27. The number of fused-ring (bicyclic) bond motifs is 1. The number of allylic oxidation sites excluding steroid dienone is 1. The highest BCUT2D eigenvalue weighted by atomic mass is 35.5. The van der Waals surface area contributed by atoms with Gasteiger partial charge < -0.3 is 14.4 Å². The number of benzene rings is 3. The minimum atomic E-state index is -0.130. The molecular formula is C24H20ClNO3. The molecule has 0 aliphatic carbocycles. The molecule has 1 heterocycles. The Bertz CT molecular complexity index is 1090. The van der Waals surface area contributed by atoms with Crippen LogP contribution in [0, 0.1) is 0 Å². The van der Waals surface area contributed by atoms with E-state index < -0.39 is 0 Å². The zero-order chi connectivity index (χ0) is 20.4. The minimum absolute atomic E-state index is 0.130. The van der Waals surface area contributed by atoms with Gasteiger partial charge >= 0.3 is 0 Å². The van der Waals surface area contributed by atoms with Crippen molar-refractivity contribution in [3.63, 3.8) is 0 Å². The van der Waals surface area contributed by atoms with Crippen molar-refractivity contribution in [1.82, 2.24) is 0 Å². The Hall–Kier alpha value is -3.24. The van der Waals surface area contributed by atoms with Gasteiger partial charge in [-0.25, -0.2) is 0 Å². The van der Waals surface area contributed by atoms with Gasteiger partial charge in [0.25, 0.3) is 0 Å². The lowest BCUT2D eigenvalue weighted by Crippen LogP contribution is -2.08. The molecule has 146 valence electrons. The number of carbonyl (C=O) groups excluding carboxylic acids is 1. The largest absolute Gasteiger partial charge is 0.489 e. The van der Waals surface area contributed by atoms with Gasteiger partial charge in [-0.2, -0.15) is 0 Å². The summed E-state index contributed by atoms with van der Waals surface area (Å²) in [4.78, 5) is 14.7. The maximum absolute atomic E-state index is 12.7. The molecule has 3 aromatic rings. The molecule has 0 saturated heterocycles. The van der Waals surface area contributed by atoms with Gasteiger partial charge in [-0.05, 0) is 42.0 Å². The van der Waals surface area contributed by atoms with Gasteiger partial charge in [0.2, 0.25) is 5.78 Å². The predicted octanol–water partition coefficient (Wildman–Crippen LogP) is 5.60. The SMILES string of the molecule is CN(C)c1ccc(/C=C2\Oc3cc(OCc4ccccc4Cl)ccc3C2=O)cc1. The van der Waals surface area contributed by atoms with E-state index in [4.69, 9.17) is 21.1 Å². The molecule has 0 N–H and O–H groups in total. The van der Waals surface area contributed by atoms with Crippen LogP contribution >= 0.6 is 11.6 Å². The quantitative estimate of drug-likeness (QED) is 0.518. The first-order valence-electron chi connectivity index (χ1n) is 9.23. The summed E-state index contributed by atoms with van der Waals surface area (Å²) in [6.07, 6.45) is 1.76. The van der Waals surface area contributed by atoms with E-state index in [2.05, 4.69) is 0 Å². The lowest BCUT2D eigenvalue weighted by Gasteiger charge is -2.11. The van der Waals surface area contributed by atoms with Crippen molar-refractivity contribution in [2.45, 2.75) is 6.61 Å². The Morgan fingerprint density at radius 1 is 1.03 bits per heavy atom. The summed E-state index contributed by atoms with van der Waals surface area (Å²) in [6, 6.07) is 20.7. The van der Waals surface area contributed by atoms with Crippen molar-refractivity contribution < 1.29 is 14.3 Å². The first-order valence-corrected chi connectivity index (χ1v) is 9.61. The summed E-state index contributed by atoms with van der Waals surface area (Å²) in [5.41, 5.74) is 3.43. The summed E-state index contributed by atoms with van der Waals surface area (Å²) < 4.78 is 11.6. The van der Waals surface area contributed by atoms with Crippen molar-refractivity contribution in [2.24, 2.45) is 0 Å². The first kappa shape index (κ1) is 19.1. The second-order valence-electron chi connectivity index (χ2n) is 6.96. The number of hydrogen-bond acceptors (Lipinski definition) is 4. The molecule has 0 fully saturated rings. The Labute approximate surface area is 174 Å². The standard InChI is InChI=1S/C24H20ClNO3/c1-26(2)18-9-7-16(8-10-18)13-23-24(27)20-12-11-19(14-22(20)29-23)28-15-17-5-3-4-6-21(17)25/h3-14H,15H2,1-2H3/b23-13-. The monoisotopic (exact) mass is 405 g/mol. The molecule has 29 heavy (non-hydrogen) atoms. The van der Waals surface area contributed by atoms with Crippen LogP contribution in [0.3, 0.4) is 0 Å². The number of anilines is 1. The molecule has 0 aromatic heterocycles. The molecule has 0 unspecified atom stereocenters. The van der Waals surface area contributed by atoms with Gasteiger partial charge in [-0.15, -0.1) is 0 Å². The highest BCUT2D eigenvalue weighted by Crippen LogP contribution is 2.35. The van der Waals surface area contributed by atoms with Crippen LogP contribution in [0.15, 0.2) is 72.5 Å². The maximum atomic E-state index is 12.7. The van der Waals surface area contributed by atoms with E-state index in [1.165, 1.54) is 0 Å². The normalized spacial score (nSPS) is 13.9. The number of hydrogen-bond donors (Lipinski definition) is 0. The molecule has 0 spiro atoms. The van der Waals surface area contributed by atoms with Crippen LogP contribution < -0.4 is 14.4 Å². The van der Waals surface area contributed by atoms with Gasteiger partial charge in [-0.1, -0.05) is 41.9 Å². The van der Waals surface area contributed by atoms with Gasteiger partial charge in [0.05, 0.1) is 5.56 Å². The van der Waals surface area contributed by atoms with Crippen LogP contribution in [0.25, 0.3) is 6.08 Å². The van der Waals surface area contributed by atoms with E-state index in [9.17, 15) is 4.79 Å². The maximum Gasteiger partial charge on any atom is 0.231 e. The topological polar surface area (TPSA) is 38.8 Å². The van der Waals surface area contributed by atoms with E-state index in [0.717, 1.165) is 16.8 Å². The molecule has 1 aliphatic rings. The average Bonchev–Trinajstić information content (AvgIpc) is 3.02. The molecular weight excluding hydrogens is 386 g/mol. The van der Waals surface area contributed by atoms with E-state index in [-0.39, 0.29) is 5.78 Å². The summed E-state index contributed by atoms with van der Waals surface area (Å²) in [5.74, 6) is 1.30. The molecule has 4 nitrogen and oxygen atoms in total. The fraction of sp³-hybridized carbons (Fsp3) is 0.125. The Morgan fingerprint density at radius 2 is 1.79 bits per heavy atom. The fourth-order valence-electron chi connectivity index (χ4n) is 3.05. The Balaban J connectivity index is 1.50. The molecule has 1 aliphatic heterocycles. The number of rotatable bonds is 5. The summed E-state index contributed by atoms with van der Waals surface area (Å²) in [6.45, 7) is 0.341. The van der Waals surface area contributed by atoms with Crippen LogP contribution in [0.5, 0.6) is 11.5 Å². The number of nitrogens with zero attached hydrogens (tertiary/aromatic N) is 1. The second-order valence-corrected chi connectivity index (χ2v) is 7.37. The molecule has 5 heteroatoms. The molecule has 0 bridgehead atoms. The van der Waals surface area contributed by atoms with Crippen molar-refractivity contribution in [3.05, 3.63) is 94.2 Å². The molecule has 0 saturated carbocycles. The predicted molar refractivity (Wildman–Crippen MR) is 116 cm³/mol. The Morgan fingerprint density at radius 3 is 2.52 bits per heavy atom. The van der Waals surface area contributed by atoms with Crippen LogP contribution in [0.4, 0.5) is 5.69 Å². The van der Waals surface area contributed by atoms with Crippen molar-refractivity contribution in [1.29, 1.82) is 0 Å². The van der Waals surface area contributed by atoms with Gasteiger partial charge in [-0.3, -0.25) is 4.79 Å². The third kappa shape index (κ3) is 4.13. The van der Waals surface area contributed by atoms with Crippen LogP contribution in [0.1, 0.15) is 21.5 Å². The Kier molecular flexibility index (Phi) is 5.28. The smallest absolute Gasteiger partial charge is 0.231 e. The van der Waals surface area contributed by atoms with Gasteiger partial charge in [0.15, 0.2) is 5.76 Å². The molecule has 4 rings (SSSR count). The lowest BCUT2D eigenvalue weighted by molar-refractivity contribution is 0.101. The zero-order valence-corrected chi connectivity index (χ0v) is 16.9. The van der Waals surface area contributed by atoms with E-state index in [1.807, 2.05) is 67.5 Å². The molecule has 0 radical (unpaired) electrons. The van der Waals surface area contributed by atoms with Crippen LogP contribution in [-0.2, 0) is 6.61 Å². The fourth-order valence-corrected chi connectivity index (χ4v) is 3.24. The molecule has 3 aromatic carbocycles. The zero-order valence-electron chi connectivity index (χ0n) is 16.2. The number of carbonyl (C=O) groups is 1. The number of halogens is 1. The molecule has 0 atom stereocenters. The second kappa shape index (κ2) is 8.02. The summed E-state index contributed by atoms with van der Waals surface area (Å²) in [5, 5.41) is 0.658. The van der Waals surface area contributed by atoms with Crippen molar-refractivity contribution in [3.8, 4) is 11.5 Å². The summed E-state index contributed by atoms with van der Waals surface area (Å²) >= 11 is 6.17. The van der Waals surface area contributed by atoms with Gasteiger partial charge in [0.1, 0.15) is 18.1 Å². The van der Waals surface area contributed by atoms with Gasteiger partial charge in [0, 0.05) is 36.4 Å². The van der Waals surface area contributed by atoms with Crippen LogP contribution in [0.2, 0.25) is 5.02 Å². The van der Waals surface area contributed by atoms with E-state index in [1.54, 1.807) is 24.3 Å². The molecule has 0 amide bonds. The number of Topliss-reactive ketones (excluding diaryl/α,β-unsaturated/α-hetero) is 1. The van der Waals surface area contributed by atoms with E-state index in [0.29, 0.717) is 34.5 Å².